The molecule has 0 radical (unpaired) electrons. The molecule has 0 aromatic heterocycles. The highest BCUT2D eigenvalue weighted by Gasteiger charge is 2.66. The van der Waals surface area contributed by atoms with Crippen molar-refractivity contribution in [1.29, 1.82) is 0 Å². The fraction of sp³-hybridized carbons (Fsp3) is 0.800. The maximum atomic E-state index is 12.0. The smallest absolute Gasteiger partial charge is 0.311 e. The molecule has 2 fully saturated rings. The summed E-state index contributed by atoms with van der Waals surface area (Å²) in [6.07, 6.45) is 0. The highest BCUT2D eigenvalue weighted by atomic mass is 32.1. The first-order chi connectivity index (χ1) is 8.40. The van der Waals surface area contributed by atoms with Gasteiger partial charge in [-0.15, -0.1) is 0 Å². The van der Waals surface area contributed by atoms with Crippen molar-refractivity contribution in [2.75, 3.05) is 24.6 Å². The fourth-order valence-corrected chi connectivity index (χ4v) is 3.11. The molecule has 2 rings (SSSR count). The Morgan fingerprint density at radius 1 is 0.944 bits per heavy atom. The number of carbonyl (C=O) groups excluding carboxylic acids is 2. The van der Waals surface area contributed by atoms with Crippen molar-refractivity contribution >= 4 is 37.3 Å². The molecule has 2 N–H and O–H groups in total. The van der Waals surface area contributed by atoms with Crippen LogP contribution in [0.2, 0.25) is 0 Å². The van der Waals surface area contributed by atoms with Gasteiger partial charge in [0, 0.05) is 24.6 Å². The number of hydrogen-bond acceptors (Lipinski definition) is 4. The van der Waals surface area contributed by atoms with Crippen LogP contribution in [-0.4, -0.2) is 57.8 Å². The van der Waals surface area contributed by atoms with E-state index in [9.17, 15) is 9.59 Å². The standard InChI is InChI=1S/C10H18N4O2S2/c1-9-10(2,12-8(16)13(9)3-5-17)14(4-6-18)7(15)11-9/h17-18H,3-6H2,1-2H3,(H,11,15)(H,12,16). The van der Waals surface area contributed by atoms with Crippen LogP contribution >= 0.6 is 25.3 Å². The van der Waals surface area contributed by atoms with Gasteiger partial charge in [-0.25, -0.2) is 9.59 Å². The van der Waals surface area contributed by atoms with Crippen molar-refractivity contribution in [3.63, 3.8) is 0 Å². The molecule has 2 heterocycles. The van der Waals surface area contributed by atoms with E-state index >= 15 is 0 Å². The van der Waals surface area contributed by atoms with Gasteiger partial charge in [-0.05, 0) is 13.8 Å². The van der Waals surface area contributed by atoms with Crippen LogP contribution in [0.3, 0.4) is 0 Å². The molecule has 0 spiro atoms. The lowest BCUT2D eigenvalue weighted by Gasteiger charge is -2.39. The molecule has 18 heavy (non-hydrogen) atoms. The second-order valence-corrected chi connectivity index (χ2v) is 5.65. The molecular weight excluding hydrogens is 272 g/mol. The Labute approximate surface area is 117 Å². The van der Waals surface area contributed by atoms with E-state index in [1.807, 2.05) is 13.8 Å². The Balaban J connectivity index is 2.38. The lowest BCUT2D eigenvalue weighted by Crippen LogP contribution is -2.64. The first-order valence-electron chi connectivity index (χ1n) is 5.82. The van der Waals surface area contributed by atoms with E-state index in [2.05, 4.69) is 35.9 Å². The molecule has 2 aliphatic heterocycles. The molecule has 2 unspecified atom stereocenters. The third kappa shape index (κ3) is 1.58. The molecule has 0 aromatic carbocycles. The zero-order chi connectivity index (χ0) is 13.6. The zero-order valence-electron chi connectivity index (χ0n) is 10.4. The van der Waals surface area contributed by atoms with Crippen molar-refractivity contribution in [2.24, 2.45) is 0 Å². The Hall–Kier alpha value is -0.760. The van der Waals surface area contributed by atoms with Gasteiger partial charge in [-0.3, -0.25) is 9.80 Å². The molecule has 2 atom stereocenters. The van der Waals surface area contributed by atoms with Gasteiger partial charge in [0.25, 0.3) is 0 Å². The summed E-state index contributed by atoms with van der Waals surface area (Å²) in [6, 6.07) is -0.364. The fourth-order valence-electron chi connectivity index (χ4n) is 2.71. The largest absolute Gasteiger partial charge is 0.321 e. The maximum Gasteiger partial charge on any atom is 0.321 e. The van der Waals surface area contributed by atoms with Gasteiger partial charge in [-0.2, -0.15) is 25.3 Å². The van der Waals surface area contributed by atoms with Crippen LogP contribution in [0.15, 0.2) is 0 Å². The molecular formula is C10H18N4O2S2. The van der Waals surface area contributed by atoms with Crippen LogP contribution in [0.4, 0.5) is 9.59 Å². The molecule has 6 nitrogen and oxygen atoms in total. The number of urea groups is 2. The predicted octanol–water partition coefficient (Wildman–Crippen LogP) is 0.329. The predicted molar refractivity (Wildman–Crippen MR) is 75.0 cm³/mol. The molecule has 2 aliphatic rings. The van der Waals surface area contributed by atoms with E-state index in [0.29, 0.717) is 24.6 Å². The van der Waals surface area contributed by atoms with E-state index < -0.39 is 11.3 Å². The van der Waals surface area contributed by atoms with Gasteiger partial charge in [-0.1, -0.05) is 0 Å². The van der Waals surface area contributed by atoms with Crippen LogP contribution in [0.1, 0.15) is 13.8 Å². The average Bonchev–Trinajstić information content (AvgIpc) is 2.58. The molecule has 4 amide bonds. The van der Waals surface area contributed by atoms with Crippen molar-refractivity contribution in [1.82, 2.24) is 20.4 Å². The van der Waals surface area contributed by atoms with E-state index in [0.717, 1.165) is 0 Å². The normalized spacial score (nSPS) is 34.7. The van der Waals surface area contributed by atoms with Gasteiger partial charge >= 0.3 is 12.1 Å². The second-order valence-electron chi connectivity index (χ2n) is 4.76. The van der Waals surface area contributed by atoms with Crippen molar-refractivity contribution in [2.45, 2.75) is 25.2 Å². The van der Waals surface area contributed by atoms with Crippen molar-refractivity contribution in [3.05, 3.63) is 0 Å². The molecule has 0 bridgehead atoms. The molecule has 102 valence electrons. The molecule has 8 heteroatoms. The third-order valence-corrected chi connectivity index (χ3v) is 4.27. The number of nitrogens with zero attached hydrogens (tertiary/aromatic N) is 2. The summed E-state index contributed by atoms with van der Waals surface area (Å²) >= 11 is 8.31. The van der Waals surface area contributed by atoms with Gasteiger partial charge in [0.2, 0.25) is 0 Å². The van der Waals surface area contributed by atoms with Crippen LogP contribution in [0.5, 0.6) is 0 Å². The SMILES string of the molecule is CC12NC(=O)N(CCS)C1(C)NC(=O)N2CCS. The minimum Gasteiger partial charge on any atom is -0.311 e. The van der Waals surface area contributed by atoms with Crippen LogP contribution < -0.4 is 10.6 Å². The van der Waals surface area contributed by atoms with Gasteiger partial charge in [0.1, 0.15) is 0 Å². The number of thiol groups is 2. The summed E-state index contributed by atoms with van der Waals surface area (Å²) in [5.74, 6) is 1.09. The topological polar surface area (TPSA) is 64.7 Å². The number of hydrogen-bond donors (Lipinski definition) is 4. The summed E-state index contributed by atoms with van der Waals surface area (Å²) in [6.45, 7) is 4.67. The minimum absolute atomic E-state index is 0.182. The van der Waals surface area contributed by atoms with E-state index in [4.69, 9.17) is 0 Å². The monoisotopic (exact) mass is 290 g/mol. The second kappa shape index (κ2) is 4.41. The lowest BCUT2D eigenvalue weighted by atomic mass is 9.98. The van der Waals surface area contributed by atoms with Crippen LogP contribution in [0, 0.1) is 0 Å². The lowest BCUT2D eigenvalue weighted by molar-refractivity contribution is 0.0664. The minimum atomic E-state index is -0.757. The number of carbonyl (C=O) groups is 2. The highest BCUT2D eigenvalue weighted by molar-refractivity contribution is 7.80. The third-order valence-electron chi connectivity index (χ3n) is 3.87. The summed E-state index contributed by atoms with van der Waals surface area (Å²) in [4.78, 5) is 27.3. The summed E-state index contributed by atoms with van der Waals surface area (Å²) in [5, 5.41) is 5.79. The maximum absolute atomic E-state index is 12.0. The summed E-state index contributed by atoms with van der Waals surface area (Å²) in [7, 11) is 0. The quantitative estimate of drug-likeness (QED) is 0.564. The van der Waals surface area contributed by atoms with E-state index in [-0.39, 0.29) is 12.1 Å². The Morgan fingerprint density at radius 2 is 1.28 bits per heavy atom. The Kier molecular flexibility index (Phi) is 3.35. The zero-order valence-corrected chi connectivity index (χ0v) is 12.2. The first-order valence-corrected chi connectivity index (χ1v) is 7.08. The molecule has 0 aromatic rings. The van der Waals surface area contributed by atoms with Crippen LogP contribution in [-0.2, 0) is 0 Å². The highest BCUT2D eigenvalue weighted by Crippen LogP contribution is 2.39. The number of amides is 4. The van der Waals surface area contributed by atoms with Crippen molar-refractivity contribution < 1.29 is 9.59 Å². The molecule has 2 saturated heterocycles. The molecule has 0 saturated carbocycles. The van der Waals surface area contributed by atoms with Crippen molar-refractivity contribution in [3.8, 4) is 0 Å². The average molecular weight is 290 g/mol. The molecule has 0 aliphatic carbocycles. The Morgan fingerprint density at radius 3 is 1.56 bits per heavy atom. The van der Waals surface area contributed by atoms with Gasteiger partial charge < -0.3 is 10.6 Å². The van der Waals surface area contributed by atoms with E-state index in [1.165, 1.54) is 0 Å². The van der Waals surface area contributed by atoms with Gasteiger partial charge in [0.15, 0.2) is 11.3 Å². The number of rotatable bonds is 4. The van der Waals surface area contributed by atoms with Gasteiger partial charge in [0.05, 0.1) is 0 Å². The first kappa shape index (κ1) is 13.7. The Bertz CT molecular complexity index is 358. The van der Waals surface area contributed by atoms with E-state index in [1.54, 1.807) is 9.80 Å². The summed E-state index contributed by atoms with van der Waals surface area (Å²) in [5.41, 5.74) is -1.51. The van der Waals surface area contributed by atoms with Crippen LogP contribution in [0.25, 0.3) is 0 Å². The number of fused-ring (bicyclic) bond motifs is 1. The number of nitrogens with one attached hydrogen (secondary N) is 2. The summed E-state index contributed by atoms with van der Waals surface area (Å²) < 4.78 is 0.